The molecule has 0 spiro atoms. The second kappa shape index (κ2) is 4.85. The van der Waals surface area contributed by atoms with Crippen molar-refractivity contribution in [2.45, 2.75) is 90.8 Å². The molecule has 4 aliphatic carbocycles. The van der Waals surface area contributed by atoms with Crippen LogP contribution in [0.3, 0.4) is 0 Å². The van der Waals surface area contributed by atoms with Crippen LogP contribution in [0.25, 0.3) is 0 Å². The van der Waals surface area contributed by atoms with Gasteiger partial charge in [0.05, 0.1) is 17.1 Å². The van der Waals surface area contributed by atoms with Crippen LogP contribution in [0.15, 0.2) is 0 Å². The molecule has 1 unspecified atom stereocenters. The van der Waals surface area contributed by atoms with Crippen LogP contribution >= 0.6 is 0 Å². The summed E-state index contributed by atoms with van der Waals surface area (Å²) >= 11 is 0. The summed E-state index contributed by atoms with van der Waals surface area (Å²) in [6.07, 6.45) is 7.29. The van der Waals surface area contributed by atoms with E-state index in [1.165, 1.54) is 0 Å². The van der Waals surface area contributed by atoms with E-state index >= 15 is 0 Å². The fourth-order valence-electron chi connectivity index (χ4n) is 7.76. The second-order valence-electron chi connectivity index (χ2n) is 10.4. The summed E-state index contributed by atoms with van der Waals surface area (Å²) in [7, 11) is 0. The van der Waals surface area contributed by atoms with Gasteiger partial charge in [0.25, 0.3) is 0 Å². The minimum atomic E-state index is -0.874. The van der Waals surface area contributed by atoms with Crippen LogP contribution in [-0.4, -0.2) is 27.7 Å². The summed E-state index contributed by atoms with van der Waals surface area (Å²) in [5.41, 5.74) is -1.60. The molecule has 4 fully saturated rings. The molecule has 0 aliphatic heterocycles. The van der Waals surface area contributed by atoms with E-state index in [9.17, 15) is 15.0 Å². The molecular weight excluding hydrogens is 300 g/mol. The molecule has 0 amide bonds. The van der Waals surface area contributed by atoms with Gasteiger partial charge in [0.15, 0.2) is 0 Å². The van der Waals surface area contributed by atoms with Crippen molar-refractivity contribution < 1.29 is 15.0 Å². The number of hydrogen-bond donors (Lipinski definition) is 2. The van der Waals surface area contributed by atoms with E-state index in [1.54, 1.807) is 0 Å². The Morgan fingerprint density at radius 1 is 0.917 bits per heavy atom. The third-order valence-corrected chi connectivity index (χ3v) is 9.59. The minimum absolute atomic E-state index is 0.0764. The molecule has 3 nitrogen and oxygen atoms in total. The van der Waals surface area contributed by atoms with E-state index < -0.39 is 11.0 Å². The van der Waals surface area contributed by atoms with Crippen molar-refractivity contribution in [3.63, 3.8) is 0 Å². The molecule has 2 N–H and O–H groups in total. The molecule has 0 aromatic rings. The zero-order valence-electron chi connectivity index (χ0n) is 15.8. The van der Waals surface area contributed by atoms with Crippen LogP contribution in [-0.2, 0) is 4.79 Å². The summed E-state index contributed by atoms with van der Waals surface area (Å²) in [6.45, 7) is 8.51. The van der Waals surface area contributed by atoms with Crippen molar-refractivity contribution in [1.82, 2.24) is 0 Å². The van der Waals surface area contributed by atoms with E-state index in [-0.39, 0.29) is 22.7 Å². The van der Waals surface area contributed by atoms with Crippen LogP contribution < -0.4 is 0 Å². The van der Waals surface area contributed by atoms with Gasteiger partial charge >= 0.3 is 0 Å². The van der Waals surface area contributed by atoms with Crippen molar-refractivity contribution in [2.75, 3.05) is 0 Å². The van der Waals surface area contributed by atoms with Crippen molar-refractivity contribution >= 4 is 5.78 Å². The maximum Gasteiger partial charge on any atom is 0.141 e. The Balaban J connectivity index is 1.73. The molecule has 4 aliphatic rings. The van der Waals surface area contributed by atoms with Crippen LogP contribution in [0.2, 0.25) is 0 Å². The molecule has 0 radical (unpaired) electrons. The molecule has 4 rings (SSSR count). The van der Waals surface area contributed by atoms with Gasteiger partial charge in [0, 0.05) is 11.8 Å². The number of Topliss-reactive ketones (excluding diaryl/α,β-unsaturated/α-hetero) is 1. The first-order valence-electron chi connectivity index (χ1n) is 10.0. The van der Waals surface area contributed by atoms with Gasteiger partial charge < -0.3 is 10.2 Å². The maximum absolute atomic E-state index is 12.6. The molecule has 0 aromatic heterocycles. The van der Waals surface area contributed by atoms with E-state index in [0.29, 0.717) is 24.2 Å². The predicted octanol–water partition coefficient (Wildman–Crippen LogP) is 3.71. The Kier molecular flexibility index (Phi) is 3.44. The molecular formula is C21H34O3. The third-order valence-electron chi connectivity index (χ3n) is 9.59. The Labute approximate surface area is 146 Å². The summed E-state index contributed by atoms with van der Waals surface area (Å²) < 4.78 is 0. The highest BCUT2D eigenvalue weighted by molar-refractivity contribution is 5.86. The highest BCUT2D eigenvalue weighted by Gasteiger charge is 2.69. The standard InChI is InChI=1S/C21H34O3/c1-18(2)16(22)9-11-20(4)15-8-10-19(3)14(5-6-17(19)23)13(15)7-12-21(18,20)24/h13-15,17,23-24H,5-12H2,1-4H3/t13-,14-,15-,17?,19-,20+,21+/m0/s1. The number of carbonyl (C=O) groups is 1. The first-order chi connectivity index (χ1) is 11.1. The Morgan fingerprint density at radius 3 is 2.33 bits per heavy atom. The lowest BCUT2D eigenvalue weighted by Crippen LogP contribution is -2.69. The zero-order chi connectivity index (χ0) is 17.5. The smallest absolute Gasteiger partial charge is 0.141 e. The number of ketones is 1. The van der Waals surface area contributed by atoms with Crippen molar-refractivity contribution in [3.8, 4) is 0 Å². The van der Waals surface area contributed by atoms with Crippen molar-refractivity contribution in [3.05, 3.63) is 0 Å². The third kappa shape index (κ3) is 1.74. The van der Waals surface area contributed by atoms with Crippen LogP contribution in [0.5, 0.6) is 0 Å². The number of aliphatic hydroxyl groups excluding tert-OH is 1. The van der Waals surface area contributed by atoms with Gasteiger partial charge in [-0.2, -0.15) is 0 Å². The maximum atomic E-state index is 12.6. The molecule has 0 aromatic carbocycles. The van der Waals surface area contributed by atoms with Crippen molar-refractivity contribution in [1.29, 1.82) is 0 Å². The average Bonchev–Trinajstić information content (AvgIpc) is 2.83. The highest BCUT2D eigenvalue weighted by atomic mass is 16.3. The van der Waals surface area contributed by atoms with E-state index in [0.717, 1.165) is 44.9 Å². The highest BCUT2D eigenvalue weighted by Crippen LogP contribution is 2.69. The van der Waals surface area contributed by atoms with Gasteiger partial charge in [-0.15, -0.1) is 0 Å². The molecule has 7 atom stereocenters. The van der Waals surface area contributed by atoms with E-state index in [1.807, 2.05) is 13.8 Å². The van der Waals surface area contributed by atoms with E-state index in [2.05, 4.69) is 13.8 Å². The van der Waals surface area contributed by atoms with Gasteiger partial charge in [-0.25, -0.2) is 0 Å². The van der Waals surface area contributed by atoms with Gasteiger partial charge in [-0.3, -0.25) is 4.79 Å². The molecule has 136 valence electrons. The quantitative estimate of drug-likeness (QED) is 0.710. The number of carbonyl (C=O) groups excluding carboxylic acids is 1. The van der Waals surface area contributed by atoms with Crippen LogP contribution in [0, 0.1) is 34.0 Å². The SMILES string of the molecule is CC1(C)C(=O)CC[C@]2(C)[C@H]3CC[C@]4(C)C(O)CC[C@H]4[C@@H]3CC[C@@]12O. The van der Waals surface area contributed by atoms with Crippen LogP contribution in [0.1, 0.15) is 79.1 Å². The molecule has 24 heavy (non-hydrogen) atoms. The summed E-state index contributed by atoms with van der Waals surface area (Å²) in [5, 5.41) is 22.3. The fraction of sp³-hybridized carbons (Fsp3) is 0.952. The van der Waals surface area contributed by atoms with Gasteiger partial charge in [0.2, 0.25) is 0 Å². The normalized spacial score (nSPS) is 56.3. The zero-order valence-corrected chi connectivity index (χ0v) is 15.8. The Morgan fingerprint density at radius 2 is 1.62 bits per heavy atom. The number of rotatable bonds is 0. The van der Waals surface area contributed by atoms with Crippen LogP contribution in [0.4, 0.5) is 0 Å². The molecule has 4 saturated carbocycles. The second-order valence-corrected chi connectivity index (χ2v) is 10.4. The number of hydrogen-bond acceptors (Lipinski definition) is 3. The minimum Gasteiger partial charge on any atom is -0.393 e. The van der Waals surface area contributed by atoms with E-state index in [4.69, 9.17) is 0 Å². The van der Waals surface area contributed by atoms with Gasteiger partial charge in [0.1, 0.15) is 5.78 Å². The molecule has 0 saturated heterocycles. The molecule has 0 bridgehead atoms. The monoisotopic (exact) mass is 334 g/mol. The van der Waals surface area contributed by atoms with Crippen molar-refractivity contribution in [2.24, 2.45) is 34.0 Å². The lowest BCUT2D eigenvalue weighted by Gasteiger charge is -2.66. The lowest BCUT2D eigenvalue weighted by atomic mass is 9.39. The summed E-state index contributed by atoms with van der Waals surface area (Å²) in [5.74, 6) is 1.92. The lowest BCUT2D eigenvalue weighted by molar-refractivity contribution is -0.245. The van der Waals surface area contributed by atoms with Gasteiger partial charge in [-0.05, 0) is 68.1 Å². The molecule has 3 heteroatoms. The Bertz CT molecular complexity index is 569. The van der Waals surface area contributed by atoms with Gasteiger partial charge in [-0.1, -0.05) is 27.7 Å². The Hall–Kier alpha value is -0.410. The topological polar surface area (TPSA) is 57.5 Å². The summed E-state index contributed by atoms with van der Waals surface area (Å²) in [4.78, 5) is 12.6. The first-order valence-corrected chi connectivity index (χ1v) is 10.0. The molecule has 0 heterocycles. The predicted molar refractivity (Wildman–Crippen MR) is 93.4 cm³/mol. The fourth-order valence-corrected chi connectivity index (χ4v) is 7.76. The average molecular weight is 335 g/mol. The number of aliphatic hydroxyl groups is 2. The summed E-state index contributed by atoms with van der Waals surface area (Å²) in [6, 6.07) is 0. The largest absolute Gasteiger partial charge is 0.393 e. The first kappa shape index (κ1) is 17.0. The number of fused-ring (bicyclic) bond motifs is 5.